The van der Waals surface area contributed by atoms with Gasteiger partial charge in [-0.15, -0.1) is 0 Å². The van der Waals surface area contributed by atoms with Gasteiger partial charge in [-0.2, -0.15) is 4.98 Å². The molecule has 0 unspecified atom stereocenters. The maximum Gasteiger partial charge on any atom is 0.341 e. The maximum absolute atomic E-state index is 14.3. The van der Waals surface area contributed by atoms with E-state index in [1.807, 2.05) is 0 Å². The van der Waals surface area contributed by atoms with Crippen LogP contribution in [0.1, 0.15) is 5.56 Å². The summed E-state index contributed by atoms with van der Waals surface area (Å²) in [5.41, 5.74) is -0.0821. The lowest BCUT2D eigenvalue weighted by molar-refractivity contribution is 0.253. The summed E-state index contributed by atoms with van der Waals surface area (Å²) in [5.74, 6) is -2.59. The van der Waals surface area contributed by atoms with Gasteiger partial charge in [0.25, 0.3) is 0 Å². The molecule has 0 radical (unpaired) electrons. The highest BCUT2D eigenvalue weighted by atomic mass is 32.2. The van der Waals surface area contributed by atoms with Crippen molar-refractivity contribution < 1.29 is 27.4 Å². The van der Waals surface area contributed by atoms with Crippen molar-refractivity contribution in [3.63, 3.8) is 0 Å². The van der Waals surface area contributed by atoms with Crippen LogP contribution in [-0.2, 0) is 6.54 Å². The first-order valence-corrected chi connectivity index (χ1v) is 9.66. The number of carbonyl (C=O) groups is 1. The standard InChI is InChI=1S/C20H15F3N4O3S/c1-29-17-8-12(9-18(25-17)30-2)27-20(28)26(19-16(31-27)4-3-5-24-19)10-13-14(22)6-11(21)7-15(13)23/h3-9H,10H2,1-2H3. The zero-order valence-electron chi connectivity index (χ0n) is 16.3. The van der Waals surface area contributed by atoms with Crippen molar-refractivity contribution in [2.75, 3.05) is 23.4 Å². The predicted molar refractivity (Wildman–Crippen MR) is 108 cm³/mol. The molecule has 0 saturated carbocycles. The topological polar surface area (TPSA) is 67.8 Å². The van der Waals surface area contributed by atoms with Crippen molar-refractivity contribution in [3.05, 3.63) is 65.6 Å². The van der Waals surface area contributed by atoms with Gasteiger partial charge in [-0.3, -0.25) is 4.90 Å². The van der Waals surface area contributed by atoms with Gasteiger partial charge >= 0.3 is 6.03 Å². The van der Waals surface area contributed by atoms with Gasteiger partial charge in [0.05, 0.1) is 31.3 Å². The largest absolute Gasteiger partial charge is 0.481 e. The number of carbonyl (C=O) groups excluding carboxylic acids is 1. The monoisotopic (exact) mass is 448 g/mol. The predicted octanol–water partition coefficient (Wildman–Crippen LogP) is 4.57. The van der Waals surface area contributed by atoms with E-state index in [0.717, 1.165) is 16.8 Å². The number of methoxy groups -OCH3 is 2. The molecule has 3 heterocycles. The van der Waals surface area contributed by atoms with Crippen LogP contribution in [0.25, 0.3) is 0 Å². The molecule has 2 aromatic heterocycles. The highest BCUT2D eigenvalue weighted by Crippen LogP contribution is 2.42. The van der Waals surface area contributed by atoms with Crippen LogP contribution >= 0.6 is 11.9 Å². The molecule has 3 aromatic rings. The fraction of sp³-hybridized carbons (Fsp3) is 0.150. The molecule has 0 spiro atoms. The second-order valence-corrected chi connectivity index (χ2v) is 7.33. The molecule has 2 amide bonds. The van der Waals surface area contributed by atoms with Crippen LogP contribution in [0.2, 0.25) is 0 Å². The van der Waals surface area contributed by atoms with Gasteiger partial charge in [0.1, 0.15) is 17.5 Å². The van der Waals surface area contributed by atoms with Crippen LogP contribution in [0.3, 0.4) is 0 Å². The van der Waals surface area contributed by atoms with Crippen molar-refractivity contribution in [1.82, 2.24) is 9.97 Å². The lowest BCUT2D eigenvalue weighted by Crippen LogP contribution is -2.43. The lowest BCUT2D eigenvalue weighted by Gasteiger charge is -2.35. The van der Waals surface area contributed by atoms with Crippen LogP contribution in [0.5, 0.6) is 11.8 Å². The molecule has 7 nitrogen and oxygen atoms in total. The van der Waals surface area contributed by atoms with E-state index < -0.39 is 35.6 Å². The summed E-state index contributed by atoms with van der Waals surface area (Å²) >= 11 is 1.07. The number of fused-ring (bicyclic) bond motifs is 1. The summed E-state index contributed by atoms with van der Waals surface area (Å²) in [6, 6.07) is 6.94. The van der Waals surface area contributed by atoms with Crippen molar-refractivity contribution in [2.24, 2.45) is 0 Å². The fourth-order valence-electron chi connectivity index (χ4n) is 2.97. The van der Waals surface area contributed by atoms with Crippen LogP contribution < -0.4 is 18.7 Å². The average molecular weight is 448 g/mol. The summed E-state index contributed by atoms with van der Waals surface area (Å²) in [6.07, 6.45) is 1.46. The molecule has 1 aliphatic heterocycles. The molecule has 0 atom stereocenters. The molecule has 0 aliphatic carbocycles. The van der Waals surface area contributed by atoms with Gasteiger partial charge < -0.3 is 9.47 Å². The Morgan fingerprint density at radius 2 is 1.68 bits per heavy atom. The van der Waals surface area contributed by atoms with Crippen molar-refractivity contribution in [1.29, 1.82) is 0 Å². The quantitative estimate of drug-likeness (QED) is 0.533. The Balaban J connectivity index is 1.79. The van der Waals surface area contributed by atoms with Crippen molar-refractivity contribution >= 4 is 29.5 Å². The minimum absolute atomic E-state index is 0.210. The van der Waals surface area contributed by atoms with Crippen molar-refractivity contribution in [3.8, 4) is 11.8 Å². The number of amides is 2. The summed E-state index contributed by atoms with van der Waals surface area (Å²) in [4.78, 5) is 23.3. The molecule has 0 fully saturated rings. The molecule has 0 N–H and O–H groups in total. The normalized spacial score (nSPS) is 13.3. The Bertz CT molecular complexity index is 1120. The number of halogens is 3. The van der Waals surface area contributed by atoms with E-state index in [1.54, 1.807) is 12.1 Å². The molecule has 11 heteroatoms. The van der Waals surface area contributed by atoms with Gasteiger partial charge in [0.2, 0.25) is 11.8 Å². The van der Waals surface area contributed by atoms with Gasteiger partial charge in [0.15, 0.2) is 5.82 Å². The summed E-state index contributed by atoms with van der Waals surface area (Å²) < 4.78 is 53.5. The number of anilines is 2. The number of pyridine rings is 2. The number of urea groups is 1. The number of ether oxygens (including phenoxy) is 2. The summed E-state index contributed by atoms with van der Waals surface area (Å²) in [6.45, 7) is -0.489. The van der Waals surface area contributed by atoms with Crippen LogP contribution in [-0.4, -0.2) is 30.2 Å². The smallest absolute Gasteiger partial charge is 0.341 e. The average Bonchev–Trinajstić information content (AvgIpc) is 2.76. The van der Waals surface area contributed by atoms with E-state index in [4.69, 9.17) is 9.47 Å². The number of aromatic nitrogens is 2. The lowest BCUT2D eigenvalue weighted by atomic mass is 10.1. The Hall–Kier alpha value is -3.47. The zero-order valence-corrected chi connectivity index (χ0v) is 17.1. The van der Waals surface area contributed by atoms with Gasteiger partial charge in [-0.1, -0.05) is 0 Å². The van der Waals surface area contributed by atoms with E-state index in [9.17, 15) is 18.0 Å². The molecule has 1 aliphatic rings. The van der Waals surface area contributed by atoms with E-state index in [0.29, 0.717) is 22.7 Å². The van der Waals surface area contributed by atoms with Crippen LogP contribution in [0.15, 0.2) is 47.5 Å². The number of hydrogen-bond acceptors (Lipinski definition) is 6. The Morgan fingerprint density at radius 3 is 2.29 bits per heavy atom. The first-order valence-electron chi connectivity index (χ1n) is 8.89. The second-order valence-electron chi connectivity index (χ2n) is 6.34. The minimum atomic E-state index is -1.10. The first-order chi connectivity index (χ1) is 14.9. The molecule has 160 valence electrons. The van der Waals surface area contributed by atoms with Gasteiger partial charge in [-0.05, 0) is 12.1 Å². The molecule has 31 heavy (non-hydrogen) atoms. The fourth-order valence-corrected chi connectivity index (χ4v) is 3.94. The third-order valence-corrected chi connectivity index (χ3v) is 5.50. The van der Waals surface area contributed by atoms with E-state index in [-0.39, 0.29) is 17.6 Å². The number of rotatable bonds is 5. The number of nitrogens with zero attached hydrogens (tertiary/aromatic N) is 4. The highest BCUT2D eigenvalue weighted by Gasteiger charge is 2.35. The first kappa shape index (κ1) is 20.8. The molecular weight excluding hydrogens is 433 g/mol. The van der Waals surface area contributed by atoms with Crippen molar-refractivity contribution in [2.45, 2.75) is 11.4 Å². The molecule has 4 rings (SSSR count). The Morgan fingerprint density at radius 1 is 1.03 bits per heavy atom. The van der Waals surface area contributed by atoms with Gasteiger partial charge in [-0.25, -0.2) is 27.3 Å². The minimum Gasteiger partial charge on any atom is -0.481 e. The summed E-state index contributed by atoms with van der Waals surface area (Å²) in [7, 11) is 2.84. The molecule has 1 aromatic carbocycles. The molecule has 0 saturated heterocycles. The highest BCUT2D eigenvalue weighted by molar-refractivity contribution is 8.01. The molecule has 0 bridgehead atoms. The Kier molecular flexibility index (Phi) is 5.59. The van der Waals surface area contributed by atoms with E-state index in [2.05, 4.69) is 9.97 Å². The van der Waals surface area contributed by atoms with Crippen LogP contribution in [0.4, 0.5) is 29.5 Å². The second kappa shape index (κ2) is 8.34. The van der Waals surface area contributed by atoms with E-state index >= 15 is 0 Å². The number of hydrogen-bond donors (Lipinski definition) is 0. The summed E-state index contributed by atoms with van der Waals surface area (Å²) in [5, 5.41) is 0. The van der Waals surface area contributed by atoms with Gasteiger partial charge in [0, 0.05) is 48.0 Å². The Labute approximate surface area is 179 Å². The zero-order chi connectivity index (χ0) is 22.1. The maximum atomic E-state index is 14.3. The third kappa shape index (κ3) is 3.96. The SMILES string of the molecule is COc1cc(N2Sc3cccnc3N(Cc3c(F)cc(F)cc3F)C2=O)cc(OC)n1. The molecular formula is C20H15F3N4O3S. The number of benzene rings is 1. The van der Waals surface area contributed by atoms with Crippen LogP contribution in [0, 0.1) is 17.5 Å². The van der Waals surface area contributed by atoms with E-state index in [1.165, 1.54) is 36.9 Å². The third-order valence-electron chi connectivity index (χ3n) is 4.44.